The maximum Gasteiger partial charge on any atom is 0.354 e. The first kappa shape index (κ1) is 7.53. The van der Waals surface area contributed by atoms with E-state index in [9.17, 15) is 4.79 Å². The lowest BCUT2D eigenvalue weighted by molar-refractivity contribution is 0.0687. The molecule has 0 bridgehead atoms. The van der Waals surface area contributed by atoms with Crippen LogP contribution in [0.5, 0.6) is 0 Å². The smallest absolute Gasteiger partial charge is 0.354 e. The van der Waals surface area contributed by atoms with E-state index in [2.05, 4.69) is 9.97 Å². The quantitative estimate of drug-likeness (QED) is 0.728. The Morgan fingerprint density at radius 3 is 3.08 bits per heavy atom. The van der Waals surface area contributed by atoms with Gasteiger partial charge in [0.05, 0.1) is 12.4 Å². The normalized spacial score (nSPS) is 10.2. The zero-order valence-electron chi connectivity index (χ0n) is 6.41. The van der Waals surface area contributed by atoms with Crippen LogP contribution in [-0.2, 0) is 0 Å². The van der Waals surface area contributed by atoms with Crippen LogP contribution in [0.3, 0.4) is 0 Å². The van der Waals surface area contributed by atoms with E-state index in [0.717, 1.165) is 0 Å². The van der Waals surface area contributed by atoms with Crippen molar-refractivity contribution in [2.45, 2.75) is 0 Å². The van der Waals surface area contributed by atoms with E-state index in [1.165, 1.54) is 29.6 Å². The number of nitrogens with zero attached hydrogens (tertiary/aromatic N) is 3. The molecular formula is C7H5N3O3. The monoisotopic (exact) mass is 179 g/mol. The number of oxazole rings is 1. The second-order valence-corrected chi connectivity index (χ2v) is 2.27. The first-order chi connectivity index (χ1) is 6.29. The number of aromatic carboxylic acids is 1. The summed E-state index contributed by atoms with van der Waals surface area (Å²) in [4.78, 5) is 18.1. The summed E-state index contributed by atoms with van der Waals surface area (Å²) in [5, 5.41) is 8.72. The molecule has 66 valence electrons. The fraction of sp³-hybridized carbons (Fsp3) is 0. The fourth-order valence-corrected chi connectivity index (χ4v) is 0.941. The van der Waals surface area contributed by atoms with E-state index in [1.807, 2.05) is 0 Å². The van der Waals surface area contributed by atoms with Crippen LogP contribution in [0.1, 0.15) is 10.5 Å². The lowest BCUT2D eigenvalue weighted by atomic mass is 10.5. The molecule has 0 aliphatic rings. The second kappa shape index (κ2) is 2.74. The predicted molar refractivity (Wildman–Crippen MR) is 40.6 cm³/mol. The van der Waals surface area contributed by atoms with Crippen LogP contribution >= 0.6 is 0 Å². The lowest BCUT2D eigenvalue weighted by Gasteiger charge is -1.96. The Bertz CT molecular complexity index is 418. The molecule has 2 heterocycles. The number of carboxylic acids is 1. The number of hydrogen-bond donors (Lipinski definition) is 1. The van der Waals surface area contributed by atoms with Gasteiger partial charge in [-0.15, -0.1) is 0 Å². The topological polar surface area (TPSA) is 81.1 Å². The van der Waals surface area contributed by atoms with Gasteiger partial charge in [-0.3, -0.25) is 0 Å². The average molecular weight is 179 g/mol. The minimum atomic E-state index is -1.07. The number of carbonyl (C=O) groups is 1. The van der Waals surface area contributed by atoms with Crippen LogP contribution in [0.2, 0.25) is 0 Å². The molecule has 2 aromatic heterocycles. The Morgan fingerprint density at radius 1 is 1.62 bits per heavy atom. The molecule has 1 N–H and O–H groups in total. The van der Waals surface area contributed by atoms with Gasteiger partial charge in [-0.2, -0.15) is 0 Å². The van der Waals surface area contributed by atoms with Crippen LogP contribution in [-0.4, -0.2) is 25.6 Å². The van der Waals surface area contributed by atoms with Crippen molar-refractivity contribution in [1.82, 2.24) is 14.5 Å². The van der Waals surface area contributed by atoms with Crippen molar-refractivity contribution < 1.29 is 14.3 Å². The van der Waals surface area contributed by atoms with Crippen molar-refractivity contribution >= 4 is 5.97 Å². The summed E-state index contributed by atoms with van der Waals surface area (Å²) in [5.41, 5.74) is 0.0162. The molecule has 0 saturated heterocycles. The fourth-order valence-electron chi connectivity index (χ4n) is 0.941. The Kier molecular flexibility index (Phi) is 1.59. The molecule has 13 heavy (non-hydrogen) atoms. The van der Waals surface area contributed by atoms with E-state index >= 15 is 0 Å². The molecule has 0 fully saturated rings. The van der Waals surface area contributed by atoms with Gasteiger partial charge in [0.25, 0.3) is 0 Å². The molecule has 2 rings (SSSR count). The minimum absolute atomic E-state index is 0.0162. The first-order valence-corrected chi connectivity index (χ1v) is 3.44. The van der Waals surface area contributed by atoms with Crippen LogP contribution < -0.4 is 0 Å². The molecule has 0 aromatic carbocycles. The standard InChI is InChI=1S/C7H5N3O3/c11-6(12)5-3-8-4-10(5)7-9-1-2-13-7/h1-4H,(H,11,12). The second-order valence-electron chi connectivity index (χ2n) is 2.27. The summed E-state index contributed by atoms with van der Waals surface area (Å²) in [5.74, 6) is -1.07. The molecule has 0 amide bonds. The van der Waals surface area contributed by atoms with Gasteiger partial charge in [0.15, 0.2) is 5.69 Å². The summed E-state index contributed by atoms with van der Waals surface area (Å²) in [6, 6.07) is 0.190. The number of carboxylic acid groups (broad SMARTS) is 1. The van der Waals surface area contributed by atoms with Crippen LogP contribution in [0.4, 0.5) is 0 Å². The van der Waals surface area contributed by atoms with E-state index in [0.29, 0.717) is 0 Å². The van der Waals surface area contributed by atoms with E-state index in [1.54, 1.807) is 0 Å². The van der Waals surface area contributed by atoms with Crippen molar-refractivity contribution in [2.75, 3.05) is 0 Å². The van der Waals surface area contributed by atoms with Crippen molar-refractivity contribution in [3.63, 3.8) is 0 Å². The van der Waals surface area contributed by atoms with Crippen molar-refractivity contribution in [3.05, 3.63) is 30.7 Å². The summed E-state index contributed by atoms with van der Waals surface area (Å²) >= 11 is 0. The maximum atomic E-state index is 10.6. The van der Waals surface area contributed by atoms with Gasteiger partial charge < -0.3 is 9.52 Å². The highest BCUT2D eigenvalue weighted by Gasteiger charge is 2.13. The number of aromatic nitrogens is 3. The third-order valence-electron chi connectivity index (χ3n) is 1.48. The van der Waals surface area contributed by atoms with Gasteiger partial charge in [-0.25, -0.2) is 19.3 Å². The van der Waals surface area contributed by atoms with Gasteiger partial charge >= 0.3 is 12.0 Å². The van der Waals surface area contributed by atoms with E-state index in [-0.39, 0.29) is 11.7 Å². The molecule has 0 aliphatic heterocycles. The van der Waals surface area contributed by atoms with E-state index < -0.39 is 5.97 Å². The Hall–Kier alpha value is -2.11. The molecule has 0 spiro atoms. The SMILES string of the molecule is O=C(O)c1cncn1-c1ncco1. The van der Waals surface area contributed by atoms with Gasteiger partial charge in [0, 0.05) is 0 Å². The molecule has 0 atom stereocenters. The zero-order valence-corrected chi connectivity index (χ0v) is 6.41. The molecule has 2 aromatic rings. The molecule has 6 nitrogen and oxygen atoms in total. The molecular weight excluding hydrogens is 174 g/mol. The summed E-state index contributed by atoms with van der Waals surface area (Å²) in [6.45, 7) is 0. The summed E-state index contributed by atoms with van der Waals surface area (Å²) < 4.78 is 6.17. The highest BCUT2D eigenvalue weighted by Crippen LogP contribution is 2.07. The largest absolute Gasteiger partial charge is 0.477 e. The van der Waals surface area contributed by atoms with Gasteiger partial charge in [0.1, 0.15) is 12.6 Å². The number of hydrogen-bond acceptors (Lipinski definition) is 4. The summed E-state index contributed by atoms with van der Waals surface area (Å²) in [6.07, 6.45) is 5.35. The molecule has 0 radical (unpaired) electrons. The summed E-state index contributed by atoms with van der Waals surface area (Å²) in [7, 11) is 0. The Morgan fingerprint density at radius 2 is 2.46 bits per heavy atom. The first-order valence-electron chi connectivity index (χ1n) is 3.44. The van der Waals surface area contributed by atoms with Crippen molar-refractivity contribution in [1.29, 1.82) is 0 Å². The van der Waals surface area contributed by atoms with E-state index in [4.69, 9.17) is 9.52 Å². The minimum Gasteiger partial charge on any atom is -0.477 e. The third-order valence-corrected chi connectivity index (χ3v) is 1.48. The van der Waals surface area contributed by atoms with Crippen molar-refractivity contribution in [2.24, 2.45) is 0 Å². The van der Waals surface area contributed by atoms with Crippen LogP contribution in [0.25, 0.3) is 6.01 Å². The average Bonchev–Trinajstić information content (AvgIpc) is 2.74. The van der Waals surface area contributed by atoms with Crippen LogP contribution in [0, 0.1) is 0 Å². The highest BCUT2D eigenvalue weighted by atomic mass is 16.4. The van der Waals surface area contributed by atoms with Gasteiger partial charge in [-0.1, -0.05) is 0 Å². The number of rotatable bonds is 2. The lowest BCUT2D eigenvalue weighted by Crippen LogP contribution is -2.05. The number of imidazole rings is 1. The van der Waals surface area contributed by atoms with Crippen LogP contribution in [0.15, 0.2) is 29.4 Å². The molecule has 0 unspecified atom stereocenters. The molecule has 0 saturated carbocycles. The highest BCUT2D eigenvalue weighted by molar-refractivity contribution is 5.85. The Balaban J connectivity index is 2.52. The predicted octanol–water partition coefficient (Wildman–Crippen LogP) is 0.558. The van der Waals surface area contributed by atoms with Crippen molar-refractivity contribution in [3.8, 4) is 6.01 Å². The third kappa shape index (κ3) is 1.18. The zero-order chi connectivity index (χ0) is 9.26. The maximum absolute atomic E-state index is 10.6. The Labute approximate surface area is 72.5 Å². The molecule has 6 heteroatoms. The van der Waals surface area contributed by atoms with Gasteiger partial charge in [-0.05, 0) is 0 Å². The molecule has 0 aliphatic carbocycles. The van der Waals surface area contributed by atoms with Gasteiger partial charge in [0.2, 0.25) is 0 Å².